The molecule has 2 heterocycles. The zero-order chi connectivity index (χ0) is 20.3. The number of ether oxygens (including phenoxy) is 1. The second-order valence-electron chi connectivity index (χ2n) is 7.71. The lowest BCUT2D eigenvalue weighted by atomic mass is 9.95. The number of hydrogen-bond acceptors (Lipinski definition) is 4. The van der Waals surface area contributed by atoms with Crippen molar-refractivity contribution in [3.8, 4) is 16.9 Å². The highest BCUT2D eigenvalue weighted by Gasteiger charge is 2.23. The second kappa shape index (κ2) is 8.19. The smallest absolute Gasteiger partial charge is 0.280 e. The molecule has 0 aliphatic carbocycles. The molecule has 0 amide bonds. The van der Waals surface area contributed by atoms with Crippen LogP contribution in [0.1, 0.15) is 39.3 Å². The number of hydrogen-bond donors (Lipinski definition) is 1. The molecule has 1 atom stereocenters. The van der Waals surface area contributed by atoms with Gasteiger partial charge in [-0.05, 0) is 43.0 Å². The fourth-order valence-corrected chi connectivity index (χ4v) is 3.37. The highest BCUT2D eigenvalue weighted by atomic mass is 19.3. The largest absolute Gasteiger partial charge is 0.489 e. The fraction of sp³-hybridized carbons (Fsp3) is 0.364. The van der Waals surface area contributed by atoms with Crippen molar-refractivity contribution in [3.05, 3.63) is 54.5 Å². The molecule has 0 bridgehead atoms. The monoisotopic (exact) mass is 386 g/mol. The standard InChI is InChI=1S/C22H24F2N2O2/c1-14(2)10-22(3,27)13-28-16-8-15(11-25-12-16)18-9-20(21(23)24)26-19-7-5-4-6-17(18)19/h4-9,11-12,14,21,27H,10,13H2,1-3H3/t22-/m0/s1. The summed E-state index contributed by atoms with van der Waals surface area (Å²) in [4.78, 5) is 8.23. The van der Waals surface area contributed by atoms with E-state index >= 15 is 0 Å². The number of benzene rings is 1. The first-order valence-electron chi connectivity index (χ1n) is 9.23. The third-order valence-corrected chi connectivity index (χ3v) is 4.38. The lowest BCUT2D eigenvalue weighted by Gasteiger charge is -2.25. The molecule has 0 spiro atoms. The Bertz CT molecular complexity index is 958. The van der Waals surface area contributed by atoms with Crippen LogP contribution < -0.4 is 4.74 Å². The molecule has 0 aliphatic rings. The molecule has 0 saturated heterocycles. The topological polar surface area (TPSA) is 55.2 Å². The molecule has 0 fully saturated rings. The van der Waals surface area contributed by atoms with Crippen LogP contribution in [0.5, 0.6) is 5.75 Å². The Morgan fingerprint density at radius 3 is 2.61 bits per heavy atom. The molecule has 6 heteroatoms. The summed E-state index contributed by atoms with van der Waals surface area (Å²) >= 11 is 0. The van der Waals surface area contributed by atoms with Crippen LogP contribution in [0, 0.1) is 5.92 Å². The van der Waals surface area contributed by atoms with Crippen LogP contribution in [0.2, 0.25) is 0 Å². The maximum atomic E-state index is 13.3. The van der Waals surface area contributed by atoms with Gasteiger partial charge in [0.05, 0.1) is 17.3 Å². The van der Waals surface area contributed by atoms with Gasteiger partial charge >= 0.3 is 0 Å². The van der Waals surface area contributed by atoms with Crippen LogP contribution in [0.15, 0.2) is 48.8 Å². The maximum Gasteiger partial charge on any atom is 0.280 e. The van der Waals surface area contributed by atoms with Gasteiger partial charge in [-0.15, -0.1) is 0 Å². The Hall–Kier alpha value is -2.60. The fourth-order valence-electron chi connectivity index (χ4n) is 3.37. The van der Waals surface area contributed by atoms with Crippen LogP contribution in [0.25, 0.3) is 22.0 Å². The van der Waals surface area contributed by atoms with E-state index in [9.17, 15) is 13.9 Å². The number of pyridine rings is 2. The number of nitrogens with zero attached hydrogens (tertiary/aromatic N) is 2. The number of rotatable bonds is 7. The first-order valence-corrected chi connectivity index (χ1v) is 9.23. The highest BCUT2D eigenvalue weighted by molar-refractivity contribution is 5.94. The summed E-state index contributed by atoms with van der Waals surface area (Å²) in [5, 5.41) is 11.2. The molecule has 0 unspecified atom stereocenters. The minimum absolute atomic E-state index is 0.121. The Labute approximate surface area is 163 Å². The van der Waals surface area contributed by atoms with E-state index in [1.807, 2.05) is 26.0 Å². The van der Waals surface area contributed by atoms with Crippen molar-refractivity contribution in [2.45, 2.75) is 39.2 Å². The number of para-hydroxylation sites is 1. The Kier molecular flexibility index (Phi) is 5.89. The predicted octanol–water partition coefficient (Wildman–Crippen LogP) is 5.41. The van der Waals surface area contributed by atoms with Crippen molar-refractivity contribution in [1.82, 2.24) is 9.97 Å². The normalized spacial score (nSPS) is 13.9. The molecule has 0 saturated carbocycles. The van der Waals surface area contributed by atoms with Crippen molar-refractivity contribution in [1.29, 1.82) is 0 Å². The van der Waals surface area contributed by atoms with E-state index in [0.29, 0.717) is 34.7 Å². The molecule has 0 radical (unpaired) electrons. The van der Waals surface area contributed by atoms with Crippen molar-refractivity contribution in [3.63, 3.8) is 0 Å². The third kappa shape index (κ3) is 4.81. The van der Waals surface area contributed by atoms with Gasteiger partial charge in [0.2, 0.25) is 0 Å². The van der Waals surface area contributed by atoms with Crippen molar-refractivity contribution < 1.29 is 18.6 Å². The van der Waals surface area contributed by atoms with Gasteiger partial charge in [0.1, 0.15) is 18.1 Å². The zero-order valence-electron chi connectivity index (χ0n) is 16.2. The first-order chi connectivity index (χ1) is 13.2. The quantitative estimate of drug-likeness (QED) is 0.590. The minimum atomic E-state index is -2.66. The average Bonchev–Trinajstić information content (AvgIpc) is 2.65. The molecule has 4 nitrogen and oxygen atoms in total. The summed E-state index contributed by atoms with van der Waals surface area (Å²) in [7, 11) is 0. The summed E-state index contributed by atoms with van der Waals surface area (Å²) in [6.45, 7) is 5.92. The molecule has 148 valence electrons. The average molecular weight is 386 g/mol. The van der Waals surface area contributed by atoms with E-state index in [-0.39, 0.29) is 12.3 Å². The molecular weight excluding hydrogens is 362 g/mol. The summed E-state index contributed by atoms with van der Waals surface area (Å²) in [5.41, 5.74) is 0.534. The van der Waals surface area contributed by atoms with Gasteiger partial charge in [0.15, 0.2) is 0 Å². The van der Waals surface area contributed by atoms with Gasteiger partial charge in [0.25, 0.3) is 6.43 Å². The first kappa shape index (κ1) is 20.1. The minimum Gasteiger partial charge on any atom is -0.489 e. The number of alkyl halides is 2. The van der Waals surface area contributed by atoms with Crippen molar-refractivity contribution >= 4 is 10.9 Å². The van der Waals surface area contributed by atoms with Crippen LogP contribution in [0.4, 0.5) is 8.78 Å². The summed E-state index contributed by atoms with van der Waals surface area (Å²) in [6.07, 6.45) is 1.09. The maximum absolute atomic E-state index is 13.3. The summed E-state index contributed by atoms with van der Waals surface area (Å²) in [6, 6.07) is 10.3. The molecule has 2 aromatic heterocycles. The predicted molar refractivity (Wildman–Crippen MR) is 106 cm³/mol. The van der Waals surface area contributed by atoms with Crippen LogP contribution in [-0.4, -0.2) is 27.3 Å². The van der Waals surface area contributed by atoms with Crippen LogP contribution in [-0.2, 0) is 0 Å². The van der Waals surface area contributed by atoms with Crippen molar-refractivity contribution in [2.75, 3.05) is 6.61 Å². The molecule has 1 N–H and O–H groups in total. The van der Waals surface area contributed by atoms with E-state index in [2.05, 4.69) is 9.97 Å². The Morgan fingerprint density at radius 1 is 1.14 bits per heavy atom. The molecule has 1 aromatic carbocycles. The lowest BCUT2D eigenvalue weighted by molar-refractivity contribution is -0.00529. The molecular formula is C22H24F2N2O2. The number of halogens is 2. The van der Waals surface area contributed by atoms with Gasteiger partial charge in [0, 0.05) is 17.1 Å². The van der Waals surface area contributed by atoms with E-state index in [1.54, 1.807) is 37.5 Å². The Morgan fingerprint density at radius 2 is 1.89 bits per heavy atom. The summed E-state index contributed by atoms with van der Waals surface area (Å²) < 4.78 is 32.3. The zero-order valence-corrected chi connectivity index (χ0v) is 16.2. The van der Waals surface area contributed by atoms with Gasteiger partial charge in [-0.3, -0.25) is 4.98 Å². The van der Waals surface area contributed by atoms with E-state index in [1.165, 1.54) is 6.07 Å². The number of aromatic nitrogens is 2. The second-order valence-corrected chi connectivity index (χ2v) is 7.71. The third-order valence-electron chi connectivity index (χ3n) is 4.38. The lowest BCUT2D eigenvalue weighted by Crippen LogP contribution is -2.33. The van der Waals surface area contributed by atoms with Crippen molar-refractivity contribution in [2.24, 2.45) is 5.92 Å². The SMILES string of the molecule is CC(C)C[C@](C)(O)COc1cncc(-c2cc(C(F)F)nc3ccccc23)c1. The molecule has 28 heavy (non-hydrogen) atoms. The molecule has 3 rings (SSSR count). The Balaban J connectivity index is 1.94. The van der Waals surface area contributed by atoms with Gasteiger partial charge in [-0.1, -0.05) is 32.0 Å². The van der Waals surface area contributed by atoms with Crippen LogP contribution in [0.3, 0.4) is 0 Å². The van der Waals surface area contributed by atoms with Crippen LogP contribution >= 0.6 is 0 Å². The molecule has 3 aromatic rings. The summed E-state index contributed by atoms with van der Waals surface area (Å²) in [5.74, 6) is 0.806. The van der Waals surface area contributed by atoms with Gasteiger partial charge in [-0.2, -0.15) is 0 Å². The van der Waals surface area contributed by atoms with Gasteiger partial charge in [-0.25, -0.2) is 13.8 Å². The number of aliphatic hydroxyl groups is 1. The van der Waals surface area contributed by atoms with E-state index in [4.69, 9.17) is 4.74 Å². The molecule has 0 aliphatic heterocycles. The van der Waals surface area contributed by atoms with E-state index in [0.717, 1.165) is 5.39 Å². The van der Waals surface area contributed by atoms with E-state index < -0.39 is 12.0 Å². The number of fused-ring (bicyclic) bond motifs is 1. The van der Waals surface area contributed by atoms with Gasteiger partial charge < -0.3 is 9.84 Å². The highest BCUT2D eigenvalue weighted by Crippen LogP contribution is 2.32.